The van der Waals surface area contributed by atoms with Crippen molar-refractivity contribution in [3.63, 3.8) is 0 Å². The van der Waals surface area contributed by atoms with Crippen molar-refractivity contribution in [3.05, 3.63) is 72.3 Å². The highest BCUT2D eigenvalue weighted by Crippen LogP contribution is 2.34. The number of carboxylic acid groups (broad SMARTS) is 1. The summed E-state index contributed by atoms with van der Waals surface area (Å²) >= 11 is 0. The minimum absolute atomic E-state index is 0.169. The largest absolute Gasteiger partial charge is 0.465 e. The number of amides is 2. The van der Waals surface area contributed by atoms with Gasteiger partial charge in [0, 0.05) is 19.2 Å². The van der Waals surface area contributed by atoms with Gasteiger partial charge in [0.1, 0.15) is 23.5 Å². The Kier molecular flexibility index (Phi) is 8.22. The molecule has 0 unspecified atom stereocenters. The Hall–Kier alpha value is -4.51. The van der Waals surface area contributed by atoms with E-state index in [0.29, 0.717) is 23.6 Å². The number of aromatic amines is 2. The number of imidazole rings is 2. The number of carbonyl (C=O) groups excluding carboxylic acids is 1. The zero-order valence-corrected chi connectivity index (χ0v) is 25.2. The summed E-state index contributed by atoms with van der Waals surface area (Å²) in [5, 5.41) is 12.9. The third-order valence-electron chi connectivity index (χ3n) is 8.82. The number of nitrogens with zero attached hydrogens (tertiary/aromatic N) is 4. The number of H-pyrrole nitrogens is 2. The molecule has 0 bridgehead atoms. The predicted octanol–water partition coefficient (Wildman–Crippen LogP) is 6.00. The van der Waals surface area contributed by atoms with Crippen LogP contribution in [0.25, 0.3) is 33.6 Å². The molecule has 230 valence electrons. The zero-order valence-electron chi connectivity index (χ0n) is 25.2. The van der Waals surface area contributed by atoms with Gasteiger partial charge >= 0.3 is 6.09 Å². The lowest BCUT2D eigenvalue weighted by atomic mass is 10.0. The smallest absolute Gasteiger partial charge is 0.407 e. The molecule has 0 saturated carbocycles. The van der Waals surface area contributed by atoms with E-state index in [1.165, 1.54) is 7.05 Å². The second kappa shape index (κ2) is 12.2. The van der Waals surface area contributed by atoms with Crippen LogP contribution in [-0.2, 0) is 4.79 Å². The second-order valence-electron chi connectivity index (χ2n) is 12.1. The molecule has 2 saturated heterocycles. The Labute approximate surface area is 255 Å². The number of hydrogen-bond donors (Lipinski definition) is 4. The number of benzene rings is 2. The van der Waals surface area contributed by atoms with E-state index >= 15 is 4.39 Å². The summed E-state index contributed by atoms with van der Waals surface area (Å²) in [7, 11) is 1.44. The number of nitrogens with one attached hydrogen (secondary N) is 3. The number of carbonyl (C=O) groups is 2. The van der Waals surface area contributed by atoms with Gasteiger partial charge in [0.25, 0.3) is 0 Å². The summed E-state index contributed by atoms with van der Waals surface area (Å²) in [4.78, 5) is 43.7. The van der Waals surface area contributed by atoms with Gasteiger partial charge in [-0.15, -0.1) is 0 Å². The van der Waals surface area contributed by atoms with Crippen LogP contribution < -0.4 is 5.32 Å². The first-order valence-electron chi connectivity index (χ1n) is 15.2. The van der Waals surface area contributed by atoms with Crippen molar-refractivity contribution < 1.29 is 19.1 Å². The maximum absolute atomic E-state index is 15.2. The van der Waals surface area contributed by atoms with Crippen molar-refractivity contribution in [1.29, 1.82) is 0 Å². The van der Waals surface area contributed by atoms with Gasteiger partial charge in [-0.1, -0.05) is 44.2 Å². The summed E-state index contributed by atoms with van der Waals surface area (Å²) in [6, 6.07) is 12.2. The SMILES string of the molecule is CC(C)[C@@H](C(=O)N1CCC[C@H]1c1ncc(-c2ccc(-c3ccc(-c4cnc([C@@H]5CCCN5)[nH]4)c(F)c3)cc2)[nH]1)N(C)C(=O)O. The van der Waals surface area contributed by atoms with Crippen molar-refractivity contribution in [2.75, 3.05) is 20.1 Å². The molecule has 44 heavy (non-hydrogen) atoms. The predicted molar refractivity (Wildman–Crippen MR) is 165 cm³/mol. The van der Waals surface area contributed by atoms with Crippen LogP contribution >= 0.6 is 0 Å². The molecule has 2 aliphatic rings. The average Bonchev–Trinajstić information content (AvgIpc) is 3.83. The lowest BCUT2D eigenvalue weighted by molar-refractivity contribution is -0.138. The molecule has 4 N–H and O–H groups in total. The Morgan fingerprint density at radius 1 is 0.955 bits per heavy atom. The number of aromatic nitrogens is 4. The summed E-state index contributed by atoms with van der Waals surface area (Å²) in [5.41, 5.74) is 4.53. The molecule has 6 rings (SSSR count). The molecule has 2 aromatic carbocycles. The van der Waals surface area contributed by atoms with Gasteiger partial charge in [-0.2, -0.15) is 0 Å². The van der Waals surface area contributed by atoms with E-state index in [0.717, 1.165) is 65.3 Å². The van der Waals surface area contributed by atoms with Gasteiger partial charge in [0.15, 0.2) is 0 Å². The van der Waals surface area contributed by atoms with Crippen LogP contribution in [0.2, 0.25) is 0 Å². The molecular weight excluding hydrogens is 561 g/mol. The monoisotopic (exact) mass is 599 g/mol. The molecule has 10 nitrogen and oxygen atoms in total. The number of hydrogen-bond acceptors (Lipinski definition) is 5. The van der Waals surface area contributed by atoms with Crippen LogP contribution in [0, 0.1) is 11.7 Å². The van der Waals surface area contributed by atoms with Gasteiger partial charge in [-0.3, -0.25) is 9.69 Å². The maximum Gasteiger partial charge on any atom is 0.407 e. The molecule has 0 aliphatic carbocycles. The fourth-order valence-corrected chi connectivity index (χ4v) is 6.48. The lowest BCUT2D eigenvalue weighted by Crippen LogP contribution is -2.51. The zero-order chi connectivity index (χ0) is 31.0. The van der Waals surface area contributed by atoms with E-state index in [9.17, 15) is 14.7 Å². The third kappa shape index (κ3) is 5.71. The topological polar surface area (TPSA) is 130 Å². The number of likely N-dealkylation sites (tertiary alicyclic amines) is 1. The van der Waals surface area contributed by atoms with Gasteiger partial charge in [-0.05, 0) is 67.0 Å². The van der Waals surface area contributed by atoms with Crippen LogP contribution in [0.15, 0.2) is 54.9 Å². The highest BCUT2D eigenvalue weighted by atomic mass is 19.1. The van der Waals surface area contributed by atoms with Crippen LogP contribution in [0.1, 0.15) is 63.3 Å². The first-order chi connectivity index (χ1) is 21.2. The van der Waals surface area contributed by atoms with Gasteiger partial charge in [0.05, 0.1) is 35.9 Å². The molecule has 3 atom stereocenters. The van der Waals surface area contributed by atoms with Crippen LogP contribution in [0.4, 0.5) is 9.18 Å². The number of rotatable bonds is 8. The minimum atomic E-state index is -1.13. The van der Waals surface area contributed by atoms with Crippen molar-refractivity contribution in [3.8, 4) is 33.6 Å². The summed E-state index contributed by atoms with van der Waals surface area (Å²) in [5.74, 6) is 0.837. The van der Waals surface area contributed by atoms with Crippen molar-refractivity contribution in [1.82, 2.24) is 35.1 Å². The van der Waals surface area contributed by atoms with Gasteiger partial charge in [0.2, 0.25) is 5.91 Å². The van der Waals surface area contributed by atoms with E-state index in [1.807, 2.05) is 44.2 Å². The molecule has 2 fully saturated rings. The van der Waals surface area contributed by atoms with E-state index in [-0.39, 0.29) is 29.7 Å². The molecule has 2 aliphatic heterocycles. The highest BCUT2D eigenvalue weighted by molar-refractivity contribution is 5.86. The van der Waals surface area contributed by atoms with Crippen molar-refractivity contribution in [2.24, 2.45) is 5.92 Å². The van der Waals surface area contributed by atoms with Crippen LogP contribution in [0.5, 0.6) is 0 Å². The fraction of sp³-hybridized carbons (Fsp3) is 0.394. The second-order valence-corrected chi connectivity index (χ2v) is 12.1. The lowest BCUT2D eigenvalue weighted by Gasteiger charge is -2.33. The first kappa shape index (κ1) is 29.6. The third-order valence-corrected chi connectivity index (χ3v) is 8.82. The van der Waals surface area contributed by atoms with Gasteiger partial charge in [-0.25, -0.2) is 19.2 Å². The fourth-order valence-electron chi connectivity index (χ4n) is 6.48. The van der Waals surface area contributed by atoms with E-state index in [1.54, 1.807) is 29.4 Å². The first-order valence-corrected chi connectivity index (χ1v) is 15.2. The summed E-state index contributed by atoms with van der Waals surface area (Å²) in [6.07, 6.45) is 6.02. The molecule has 0 spiro atoms. The number of likely N-dealkylation sites (N-methyl/N-ethyl adjacent to an activating group) is 1. The number of halogens is 1. The quantitative estimate of drug-likeness (QED) is 0.197. The van der Waals surface area contributed by atoms with Crippen molar-refractivity contribution >= 4 is 12.0 Å². The van der Waals surface area contributed by atoms with E-state index < -0.39 is 12.1 Å². The minimum Gasteiger partial charge on any atom is -0.465 e. The normalized spacial score (nSPS) is 19.1. The molecule has 4 aromatic rings. The van der Waals surface area contributed by atoms with Crippen LogP contribution in [-0.4, -0.2) is 73.0 Å². The molecular formula is C33H38FN7O3. The molecule has 4 heterocycles. The van der Waals surface area contributed by atoms with E-state index in [2.05, 4.69) is 25.3 Å². The van der Waals surface area contributed by atoms with Crippen molar-refractivity contribution in [2.45, 2.75) is 57.7 Å². The van der Waals surface area contributed by atoms with Gasteiger partial charge < -0.3 is 25.3 Å². The highest BCUT2D eigenvalue weighted by Gasteiger charge is 2.39. The molecule has 2 amide bonds. The van der Waals surface area contributed by atoms with E-state index in [4.69, 9.17) is 0 Å². The maximum atomic E-state index is 15.2. The molecule has 2 aromatic heterocycles. The summed E-state index contributed by atoms with van der Waals surface area (Å²) < 4.78 is 15.2. The van der Waals surface area contributed by atoms with Crippen LogP contribution in [0.3, 0.4) is 0 Å². The Balaban J connectivity index is 1.16. The molecule has 11 heteroatoms. The standard InChI is InChI=1S/C33H38FN7O3/c1-19(2)29(40(3)33(43)44)32(42)41-15-5-7-28(41)31-37-17-26(38-31)21-10-8-20(9-11-21)22-12-13-23(24(34)16-22)27-18-36-30(39-27)25-6-4-14-35-25/h8-13,16-19,25,28-29,35H,4-7,14-15H2,1-3H3,(H,36,39)(H,37,38)(H,43,44)/t25-,28-,29-/m0/s1. The Morgan fingerprint density at radius 3 is 2.32 bits per heavy atom. The Morgan fingerprint density at radius 2 is 1.64 bits per heavy atom. The molecule has 0 radical (unpaired) electrons. The Bertz CT molecular complexity index is 1640. The summed E-state index contributed by atoms with van der Waals surface area (Å²) in [6.45, 7) is 5.24. The average molecular weight is 600 g/mol.